The molecule has 0 fully saturated rings. The minimum atomic E-state index is -1.13. The summed E-state index contributed by atoms with van der Waals surface area (Å²) in [6, 6.07) is 15.7. The Hall–Kier alpha value is -2.68. The van der Waals surface area contributed by atoms with E-state index in [-0.39, 0.29) is 5.56 Å². The first-order valence-electron chi connectivity index (χ1n) is 6.59. The summed E-state index contributed by atoms with van der Waals surface area (Å²) in [5.41, 5.74) is 2.14. The van der Waals surface area contributed by atoms with Crippen molar-refractivity contribution < 1.29 is 14.3 Å². The van der Waals surface area contributed by atoms with Crippen molar-refractivity contribution in [3.05, 3.63) is 71.5 Å². The van der Waals surface area contributed by atoms with E-state index in [2.05, 4.69) is 0 Å². The van der Waals surface area contributed by atoms with Crippen LogP contribution in [0.3, 0.4) is 0 Å². The highest BCUT2D eigenvalue weighted by molar-refractivity contribution is 5.99. The number of rotatable bonds is 2. The van der Waals surface area contributed by atoms with Crippen molar-refractivity contribution in [2.75, 3.05) is 0 Å². The molecule has 0 atom stereocenters. The molecule has 0 amide bonds. The van der Waals surface area contributed by atoms with E-state index >= 15 is 0 Å². The lowest BCUT2D eigenvalue weighted by Crippen LogP contribution is -1.98. The lowest BCUT2D eigenvalue weighted by Gasteiger charge is -2.12. The Kier molecular flexibility index (Phi) is 3.18. The molecule has 3 heteroatoms. The van der Waals surface area contributed by atoms with Crippen LogP contribution in [0.25, 0.3) is 21.9 Å². The van der Waals surface area contributed by atoms with Gasteiger partial charge in [-0.2, -0.15) is 0 Å². The third kappa shape index (κ3) is 2.27. The van der Waals surface area contributed by atoms with E-state index in [9.17, 15) is 9.18 Å². The van der Waals surface area contributed by atoms with Crippen LogP contribution in [-0.4, -0.2) is 11.1 Å². The summed E-state index contributed by atoms with van der Waals surface area (Å²) in [7, 11) is 0. The van der Waals surface area contributed by atoms with E-state index in [4.69, 9.17) is 5.11 Å². The highest BCUT2D eigenvalue weighted by atomic mass is 19.1. The normalized spacial score (nSPS) is 10.8. The number of carbonyl (C=O) groups is 1. The van der Waals surface area contributed by atoms with Gasteiger partial charge in [-0.25, -0.2) is 9.18 Å². The molecule has 2 nitrogen and oxygen atoms in total. The fraction of sp³-hybridized carbons (Fsp3) is 0.0556. The average Bonchev–Trinajstić information content (AvgIpc) is 2.48. The Morgan fingerprint density at radius 2 is 1.81 bits per heavy atom. The van der Waals surface area contributed by atoms with Crippen LogP contribution >= 0.6 is 0 Å². The fourth-order valence-electron chi connectivity index (χ4n) is 2.59. The Bertz CT molecular complexity index is 853. The zero-order valence-corrected chi connectivity index (χ0v) is 11.4. The first-order valence-corrected chi connectivity index (χ1v) is 6.59. The smallest absolute Gasteiger partial charge is 0.335 e. The summed E-state index contributed by atoms with van der Waals surface area (Å²) in [5, 5.41) is 10.9. The molecule has 0 spiro atoms. The van der Waals surface area contributed by atoms with Gasteiger partial charge in [-0.05, 0) is 41.0 Å². The van der Waals surface area contributed by atoms with Gasteiger partial charge in [-0.3, -0.25) is 0 Å². The van der Waals surface area contributed by atoms with Gasteiger partial charge in [-0.15, -0.1) is 0 Å². The van der Waals surface area contributed by atoms with Crippen molar-refractivity contribution in [2.24, 2.45) is 0 Å². The molecular weight excluding hydrogens is 267 g/mol. The van der Waals surface area contributed by atoms with Gasteiger partial charge in [0.1, 0.15) is 5.82 Å². The van der Waals surface area contributed by atoms with E-state index in [1.807, 2.05) is 43.3 Å². The first-order chi connectivity index (χ1) is 10.1. The molecule has 0 radical (unpaired) electrons. The number of fused-ring (bicyclic) bond motifs is 1. The maximum Gasteiger partial charge on any atom is 0.335 e. The molecule has 0 saturated carbocycles. The quantitative estimate of drug-likeness (QED) is 0.741. The Labute approximate surface area is 121 Å². The standard InChI is InChI=1S/C18H13FO2/c1-11-6-7-12-4-2-3-5-14(12)17(11)15-9-8-13(18(20)21)10-16(15)19/h2-10H,1H3,(H,20,21). The van der Waals surface area contributed by atoms with Crippen LogP contribution in [0.4, 0.5) is 4.39 Å². The number of carboxylic acids is 1. The summed E-state index contributed by atoms with van der Waals surface area (Å²) in [6.07, 6.45) is 0. The summed E-state index contributed by atoms with van der Waals surface area (Å²) < 4.78 is 14.3. The Balaban J connectivity index is 2.30. The molecule has 0 bridgehead atoms. The maximum absolute atomic E-state index is 14.3. The number of hydrogen-bond acceptors (Lipinski definition) is 1. The molecule has 21 heavy (non-hydrogen) atoms. The topological polar surface area (TPSA) is 37.3 Å². The molecule has 0 aliphatic rings. The van der Waals surface area contributed by atoms with Crippen molar-refractivity contribution in [1.82, 2.24) is 0 Å². The second-order valence-corrected chi connectivity index (χ2v) is 4.98. The lowest BCUT2D eigenvalue weighted by atomic mass is 9.93. The van der Waals surface area contributed by atoms with E-state index in [1.165, 1.54) is 12.1 Å². The SMILES string of the molecule is Cc1ccc2ccccc2c1-c1ccc(C(=O)O)cc1F. The second-order valence-electron chi connectivity index (χ2n) is 4.98. The number of halogens is 1. The van der Waals surface area contributed by atoms with Crippen molar-refractivity contribution in [3.63, 3.8) is 0 Å². The average molecular weight is 280 g/mol. The van der Waals surface area contributed by atoms with Gasteiger partial charge in [0.15, 0.2) is 0 Å². The van der Waals surface area contributed by atoms with Gasteiger partial charge in [0, 0.05) is 5.56 Å². The van der Waals surface area contributed by atoms with Crippen LogP contribution in [0.1, 0.15) is 15.9 Å². The molecule has 0 aromatic heterocycles. The van der Waals surface area contributed by atoms with Crippen LogP contribution in [-0.2, 0) is 0 Å². The molecule has 0 saturated heterocycles. The van der Waals surface area contributed by atoms with E-state index < -0.39 is 11.8 Å². The fourth-order valence-corrected chi connectivity index (χ4v) is 2.59. The van der Waals surface area contributed by atoms with Gasteiger partial charge >= 0.3 is 5.97 Å². The summed E-state index contributed by atoms with van der Waals surface area (Å²) >= 11 is 0. The van der Waals surface area contributed by atoms with Crippen molar-refractivity contribution in [2.45, 2.75) is 6.92 Å². The third-order valence-corrected chi connectivity index (χ3v) is 3.62. The highest BCUT2D eigenvalue weighted by Gasteiger charge is 2.14. The molecule has 0 aliphatic heterocycles. The van der Waals surface area contributed by atoms with Crippen molar-refractivity contribution in [3.8, 4) is 11.1 Å². The second kappa shape index (κ2) is 5.02. The van der Waals surface area contributed by atoms with Gasteiger partial charge in [0.05, 0.1) is 5.56 Å². The van der Waals surface area contributed by atoms with Crippen LogP contribution in [0, 0.1) is 12.7 Å². The van der Waals surface area contributed by atoms with E-state index in [0.29, 0.717) is 5.56 Å². The minimum Gasteiger partial charge on any atom is -0.478 e. The zero-order chi connectivity index (χ0) is 15.0. The molecule has 0 heterocycles. The molecule has 3 aromatic rings. The number of aromatic carboxylic acids is 1. The molecule has 0 unspecified atom stereocenters. The summed E-state index contributed by atoms with van der Waals surface area (Å²) in [5.74, 6) is -1.65. The highest BCUT2D eigenvalue weighted by Crippen LogP contribution is 2.33. The molecule has 0 aliphatic carbocycles. The van der Waals surface area contributed by atoms with Gasteiger partial charge in [0.25, 0.3) is 0 Å². The van der Waals surface area contributed by atoms with Crippen LogP contribution in [0.2, 0.25) is 0 Å². The maximum atomic E-state index is 14.3. The molecular formula is C18H13FO2. The molecule has 3 aromatic carbocycles. The summed E-state index contributed by atoms with van der Waals surface area (Å²) in [6.45, 7) is 1.92. The lowest BCUT2D eigenvalue weighted by molar-refractivity contribution is 0.0696. The molecule has 104 valence electrons. The summed E-state index contributed by atoms with van der Waals surface area (Å²) in [4.78, 5) is 10.9. The van der Waals surface area contributed by atoms with Crippen molar-refractivity contribution in [1.29, 1.82) is 0 Å². The number of hydrogen-bond donors (Lipinski definition) is 1. The van der Waals surface area contributed by atoms with Gasteiger partial charge < -0.3 is 5.11 Å². The number of carboxylic acid groups (broad SMARTS) is 1. The van der Waals surface area contributed by atoms with Crippen molar-refractivity contribution >= 4 is 16.7 Å². The monoisotopic (exact) mass is 280 g/mol. The first kappa shape index (κ1) is 13.3. The van der Waals surface area contributed by atoms with E-state index in [0.717, 1.165) is 28.0 Å². The predicted molar refractivity (Wildman–Crippen MR) is 81.0 cm³/mol. The predicted octanol–water partition coefficient (Wildman–Crippen LogP) is 4.65. The minimum absolute atomic E-state index is 0.0471. The molecule has 3 rings (SSSR count). The van der Waals surface area contributed by atoms with Crippen LogP contribution in [0.15, 0.2) is 54.6 Å². The largest absolute Gasteiger partial charge is 0.478 e. The van der Waals surface area contributed by atoms with Gasteiger partial charge in [0.2, 0.25) is 0 Å². The number of aryl methyl sites for hydroxylation is 1. The molecule has 1 N–H and O–H groups in total. The zero-order valence-electron chi connectivity index (χ0n) is 11.4. The third-order valence-electron chi connectivity index (χ3n) is 3.62. The van der Waals surface area contributed by atoms with E-state index in [1.54, 1.807) is 0 Å². The van der Waals surface area contributed by atoms with Crippen LogP contribution < -0.4 is 0 Å². The van der Waals surface area contributed by atoms with Crippen LogP contribution in [0.5, 0.6) is 0 Å². The number of benzene rings is 3. The Morgan fingerprint density at radius 3 is 2.52 bits per heavy atom. The Morgan fingerprint density at radius 1 is 1.05 bits per heavy atom. The van der Waals surface area contributed by atoms with Gasteiger partial charge in [-0.1, -0.05) is 42.5 Å².